The summed E-state index contributed by atoms with van der Waals surface area (Å²) in [4.78, 5) is 12.9. The fourth-order valence-corrected chi connectivity index (χ4v) is 2.79. The molecule has 3 heteroatoms. The zero-order valence-electron chi connectivity index (χ0n) is 7.81. The van der Waals surface area contributed by atoms with Crippen molar-refractivity contribution in [1.29, 1.82) is 0 Å². The molecule has 1 aliphatic heterocycles. The Hall–Kier alpha value is -1.51. The van der Waals surface area contributed by atoms with Gasteiger partial charge in [0.05, 0.1) is 6.04 Å². The van der Waals surface area contributed by atoms with E-state index in [1.54, 1.807) is 4.90 Å². The highest BCUT2D eigenvalue weighted by molar-refractivity contribution is 5.74. The molecule has 14 heavy (non-hydrogen) atoms. The number of fused-ring (bicyclic) bond motifs is 5. The van der Waals surface area contributed by atoms with E-state index in [9.17, 15) is 4.79 Å². The second-order valence-corrected chi connectivity index (χ2v) is 4.07. The maximum atomic E-state index is 11.1. The number of benzene rings is 1. The summed E-state index contributed by atoms with van der Waals surface area (Å²) in [5.41, 5.74) is 8.03. The molecule has 3 rings (SSSR count). The molecule has 2 unspecified atom stereocenters. The summed E-state index contributed by atoms with van der Waals surface area (Å²) in [6.45, 7) is 0.803. The minimum atomic E-state index is -0.285. The molecule has 2 bridgehead atoms. The van der Waals surface area contributed by atoms with Crippen LogP contribution in [-0.4, -0.2) is 17.5 Å². The predicted octanol–water partition coefficient (Wildman–Crippen LogP) is 1.61. The molecule has 3 nitrogen and oxygen atoms in total. The van der Waals surface area contributed by atoms with Crippen LogP contribution in [0.1, 0.15) is 29.5 Å². The smallest absolute Gasteiger partial charge is 0.315 e. The van der Waals surface area contributed by atoms with Crippen LogP contribution >= 0.6 is 0 Å². The molecule has 0 spiro atoms. The van der Waals surface area contributed by atoms with E-state index in [1.807, 2.05) is 6.07 Å². The third-order valence-electron chi connectivity index (χ3n) is 3.38. The van der Waals surface area contributed by atoms with Gasteiger partial charge in [-0.15, -0.1) is 0 Å². The standard InChI is InChI=1S/C11H12N2O/c12-11(14)13-6-7-5-10(13)9-4-2-1-3-8(7)9/h1-4,7,10H,5-6H2,(H2,12,14). The molecule has 1 aromatic rings. The number of urea groups is 1. The number of rotatable bonds is 0. The molecular formula is C11H12N2O. The summed E-state index contributed by atoms with van der Waals surface area (Å²) in [5.74, 6) is 0.517. The van der Waals surface area contributed by atoms with E-state index in [4.69, 9.17) is 5.73 Å². The number of carbonyl (C=O) groups excluding carboxylic acids is 1. The second-order valence-electron chi connectivity index (χ2n) is 4.07. The average Bonchev–Trinajstić information content (AvgIpc) is 2.75. The molecule has 1 heterocycles. The topological polar surface area (TPSA) is 46.3 Å². The van der Waals surface area contributed by atoms with E-state index in [0.717, 1.165) is 13.0 Å². The van der Waals surface area contributed by atoms with Crippen LogP contribution in [0.3, 0.4) is 0 Å². The largest absolute Gasteiger partial charge is 0.351 e. The summed E-state index contributed by atoms with van der Waals surface area (Å²) in [7, 11) is 0. The first-order valence-corrected chi connectivity index (χ1v) is 4.92. The predicted molar refractivity (Wildman–Crippen MR) is 52.8 cm³/mol. The molecule has 1 aromatic carbocycles. The van der Waals surface area contributed by atoms with Crippen LogP contribution in [0.2, 0.25) is 0 Å². The van der Waals surface area contributed by atoms with Gasteiger partial charge >= 0.3 is 6.03 Å². The third-order valence-corrected chi connectivity index (χ3v) is 3.38. The van der Waals surface area contributed by atoms with E-state index in [0.29, 0.717) is 5.92 Å². The first kappa shape index (κ1) is 7.85. The lowest BCUT2D eigenvalue weighted by atomic mass is 10.00. The van der Waals surface area contributed by atoms with Gasteiger partial charge in [0.1, 0.15) is 0 Å². The van der Waals surface area contributed by atoms with Crippen molar-refractivity contribution in [2.75, 3.05) is 6.54 Å². The van der Waals surface area contributed by atoms with Crippen LogP contribution in [0.5, 0.6) is 0 Å². The van der Waals surface area contributed by atoms with Gasteiger partial charge in [-0.1, -0.05) is 24.3 Å². The van der Waals surface area contributed by atoms with Crippen LogP contribution in [-0.2, 0) is 0 Å². The molecular weight excluding hydrogens is 176 g/mol. The number of likely N-dealkylation sites (tertiary alicyclic amines) is 1. The third kappa shape index (κ3) is 0.842. The SMILES string of the molecule is NC(=O)N1CC2CC1c1ccccc12. The Morgan fingerprint density at radius 2 is 2.07 bits per heavy atom. The van der Waals surface area contributed by atoms with Gasteiger partial charge in [-0.3, -0.25) is 0 Å². The molecule has 72 valence electrons. The lowest BCUT2D eigenvalue weighted by Gasteiger charge is -2.27. The fraction of sp³-hybridized carbons (Fsp3) is 0.364. The highest BCUT2D eigenvalue weighted by Crippen LogP contribution is 2.49. The van der Waals surface area contributed by atoms with Crippen LogP contribution in [0.4, 0.5) is 4.79 Å². The van der Waals surface area contributed by atoms with Gasteiger partial charge in [0.2, 0.25) is 0 Å². The molecule has 2 atom stereocenters. The molecule has 1 fully saturated rings. The Balaban J connectivity index is 2.06. The lowest BCUT2D eigenvalue weighted by molar-refractivity contribution is 0.200. The Morgan fingerprint density at radius 3 is 2.79 bits per heavy atom. The minimum absolute atomic E-state index is 0.244. The number of nitrogens with zero attached hydrogens (tertiary/aromatic N) is 1. The Morgan fingerprint density at radius 1 is 1.36 bits per heavy atom. The Labute approximate surface area is 82.5 Å². The molecule has 1 aliphatic carbocycles. The van der Waals surface area contributed by atoms with Crippen molar-refractivity contribution in [2.24, 2.45) is 5.73 Å². The molecule has 0 radical (unpaired) electrons. The molecule has 2 aliphatic rings. The van der Waals surface area contributed by atoms with Crippen molar-refractivity contribution in [3.8, 4) is 0 Å². The van der Waals surface area contributed by atoms with Crippen LogP contribution in [0.15, 0.2) is 24.3 Å². The van der Waals surface area contributed by atoms with Crippen LogP contribution in [0, 0.1) is 0 Å². The van der Waals surface area contributed by atoms with Crippen molar-refractivity contribution in [3.63, 3.8) is 0 Å². The zero-order valence-corrected chi connectivity index (χ0v) is 7.81. The monoisotopic (exact) mass is 188 g/mol. The van der Waals surface area contributed by atoms with Crippen molar-refractivity contribution in [2.45, 2.75) is 18.4 Å². The van der Waals surface area contributed by atoms with Gasteiger partial charge in [0.15, 0.2) is 0 Å². The quantitative estimate of drug-likeness (QED) is 0.660. The molecule has 0 saturated carbocycles. The minimum Gasteiger partial charge on any atom is -0.351 e. The fourth-order valence-electron chi connectivity index (χ4n) is 2.79. The number of hydrogen-bond donors (Lipinski definition) is 1. The maximum absolute atomic E-state index is 11.1. The van der Waals surface area contributed by atoms with Crippen molar-refractivity contribution in [1.82, 2.24) is 4.90 Å². The highest BCUT2D eigenvalue weighted by Gasteiger charge is 2.43. The van der Waals surface area contributed by atoms with Gasteiger partial charge in [-0.05, 0) is 17.5 Å². The normalized spacial score (nSPS) is 27.9. The van der Waals surface area contributed by atoms with Crippen LogP contribution < -0.4 is 5.73 Å². The summed E-state index contributed by atoms with van der Waals surface area (Å²) < 4.78 is 0. The van der Waals surface area contributed by atoms with E-state index in [2.05, 4.69) is 18.2 Å². The molecule has 0 aromatic heterocycles. The van der Waals surface area contributed by atoms with Gasteiger partial charge in [-0.2, -0.15) is 0 Å². The van der Waals surface area contributed by atoms with Crippen molar-refractivity contribution in [3.05, 3.63) is 35.4 Å². The maximum Gasteiger partial charge on any atom is 0.315 e. The highest BCUT2D eigenvalue weighted by atomic mass is 16.2. The number of carbonyl (C=O) groups is 1. The number of nitrogens with two attached hydrogens (primary N) is 1. The summed E-state index contributed by atoms with van der Waals surface area (Å²) in [5, 5.41) is 0. The van der Waals surface area contributed by atoms with E-state index < -0.39 is 0 Å². The molecule has 2 N–H and O–H groups in total. The average molecular weight is 188 g/mol. The Kier molecular flexibility index (Phi) is 1.40. The second kappa shape index (κ2) is 2.50. The Bertz CT molecular complexity index is 402. The van der Waals surface area contributed by atoms with Gasteiger partial charge in [0, 0.05) is 12.5 Å². The summed E-state index contributed by atoms with van der Waals surface area (Å²) in [6.07, 6.45) is 1.06. The van der Waals surface area contributed by atoms with Crippen molar-refractivity contribution < 1.29 is 4.79 Å². The summed E-state index contributed by atoms with van der Waals surface area (Å²) in [6, 6.07) is 8.32. The zero-order chi connectivity index (χ0) is 9.71. The van der Waals surface area contributed by atoms with Crippen LogP contribution in [0.25, 0.3) is 0 Å². The summed E-state index contributed by atoms with van der Waals surface area (Å²) >= 11 is 0. The number of hydrogen-bond acceptors (Lipinski definition) is 1. The lowest BCUT2D eigenvalue weighted by Crippen LogP contribution is -2.37. The molecule has 2 amide bonds. The first-order chi connectivity index (χ1) is 6.77. The van der Waals surface area contributed by atoms with E-state index in [-0.39, 0.29) is 12.1 Å². The van der Waals surface area contributed by atoms with Gasteiger partial charge < -0.3 is 10.6 Å². The van der Waals surface area contributed by atoms with Gasteiger partial charge in [0.25, 0.3) is 0 Å². The van der Waals surface area contributed by atoms with E-state index in [1.165, 1.54) is 11.1 Å². The number of amides is 2. The van der Waals surface area contributed by atoms with Crippen molar-refractivity contribution >= 4 is 6.03 Å². The molecule has 1 saturated heterocycles. The van der Waals surface area contributed by atoms with Gasteiger partial charge in [-0.25, -0.2) is 4.79 Å². The number of primary amides is 1. The first-order valence-electron chi connectivity index (χ1n) is 4.92. The van der Waals surface area contributed by atoms with E-state index >= 15 is 0 Å².